The van der Waals surface area contributed by atoms with Crippen LogP contribution in [-0.4, -0.2) is 0 Å². The van der Waals surface area contributed by atoms with Crippen LogP contribution >= 0.6 is 0 Å². The van der Waals surface area contributed by atoms with E-state index in [0.717, 1.165) is 37.3 Å². The van der Waals surface area contributed by atoms with Crippen LogP contribution in [0.15, 0.2) is 48.0 Å². The highest BCUT2D eigenvalue weighted by Crippen LogP contribution is 2.40. The minimum atomic E-state index is -0.519. The third kappa shape index (κ3) is 3.36. The molecule has 0 saturated heterocycles. The maximum atomic E-state index is 14.0. The maximum Gasteiger partial charge on any atom is 0.133 e. The molecule has 2 aromatic carbocycles. The zero-order valence-corrected chi connectivity index (χ0v) is 13.7. The zero-order chi connectivity index (χ0) is 16.4. The van der Waals surface area contributed by atoms with E-state index in [9.17, 15) is 8.78 Å². The highest BCUT2D eigenvalue weighted by molar-refractivity contribution is 5.70. The van der Waals surface area contributed by atoms with Gasteiger partial charge in [0.15, 0.2) is 0 Å². The van der Waals surface area contributed by atoms with Crippen molar-refractivity contribution in [2.75, 3.05) is 0 Å². The molecule has 2 heteroatoms. The van der Waals surface area contributed by atoms with E-state index in [1.165, 1.54) is 22.8 Å². The summed E-state index contributed by atoms with van der Waals surface area (Å²) in [5, 5.41) is 0. The Balaban J connectivity index is 1.84. The molecule has 0 spiro atoms. The summed E-state index contributed by atoms with van der Waals surface area (Å²) in [6, 6.07) is 12.7. The van der Waals surface area contributed by atoms with Crippen LogP contribution in [0.1, 0.15) is 55.7 Å². The van der Waals surface area contributed by atoms with Crippen LogP contribution in [0.4, 0.5) is 8.78 Å². The van der Waals surface area contributed by atoms with Gasteiger partial charge < -0.3 is 0 Å². The summed E-state index contributed by atoms with van der Waals surface area (Å²) in [5.41, 5.74) is 5.53. The van der Waals surface area contributed by atoms with Crippen molar-refractivity contribution >= 4 is 5.57 Å². The summed E-state index contributed by atoms with van der Waals surface area (Å²) >= 11 is 0. The lowest BCUT2D eigenvalue weighted by atomic mass is 9.78. The smallest absolute Gasteiger partial charge is 0.133 e. The van der Waals surface area contributed by atoms with E-state index >= 15 is 0 Å². The molecule has 23 heavy (non-hydrogen) atoms. The van der Waals surface area contributed by atoms with Gasteiger partial charge in [-0.05, 0) is 67.4 Å². The third-order valence-electron chi connectivity index (χ3n) is 4.93. The fourth-order valence-electron chi connectivity index (χ4n) is 3.54. The Morgan fingerprint density at radius 1 is 1.04 bits per heavy atom. The van der Waals surface area contributed by atoms with Gasteiger partial charge in [-0.3, -0.25) is 0 Å². The molecule has 0 heterocycles. The summed E-state index contributed by atoms with van der Waals surface area (Å²) in [6.07, 6.45) is 3.85. The fraction of sp³-hybridized carbons (Fsp3) is 0.333. The number of hydrogen-bond acceptors (Lipinski definition) is 0. The monoisotopic (exact) mass is 312 g/mol. The minimum absolute atomic E-state index is 0.454. The first-order valence-corrected chi connectivity index (χ1v) is 8.31. The molecule has 0 nitrogen and oxygen atoms in total. The number of benzene rings is 2. The maximum absolute atomic E-state index is 14.0. The topological polar surface area (TPSA) is 0 Å². The third-order valence-corrected chi connectivity index (χ3v) is 4.93. The molecular formula is C21H22F2. The lowest BCUT2D eigenvalue weighted by Crippen LogP contribution is -2.08. The lowest BCUT2D eigenvalue weighted by molar-refractivity contribution is 0.573. The molecule has 3 rings (SSSR count). The van der Waals surface area contributed by atoms with Gasteiger partial charge in [0.2, 0.25) is 0 Å². The van der Waals surface area contributed by atoms with Crippen LogP contribution in [0, 0.1) is 11.6 Å². The molecule has 2 aromatic rings. The van der Waals surface area contributed by atoms with Crippen molar-refractivity contribution in [1.82, 2.24) is 0 Å². The molecule has 0 saturated carbocycles. The number of rotatable bonds is 3. The molecule has 0 radical (unpaired) electrons. The Labute approximate surface area is 136 Å². The summed E-state index contributed by atoms with van der Waals surface area (Å²) in [5.74, 6) is -0.479. The molecular weight excluding hydrogens is 290 g/mol. The summed E-state index contributed by atoms with van der Waals surface area (Å²) in [7, 11) is 0. The van der Waals surface area contributed by atoms with Gasteiger partial charge in [-0.1, -0.05) is 36.8 Å². The summed E-state index contributed by atoms with van der Waals surface area (Å²) in [4.78, 5) is 0. The number of aryl methyl sites for hydroxylation is 1. The molecule has 0 N–H and O–H groups in total. The first kappa shape index (κ1) is 15.9. The minimum Gasteiger partial charge on any atom is -0.207 e. The SMILES string of the molecule is CCc1ccc(C2CCC(c3ccc(F)cc3F)=C(C)C2)cc1. The van der Waals surface area contributed by atoms with Crippen LogP contribution in [0.3, 0.4) is 0 Å². The van der Waals surface area contributed by atoms with Crippen LogP contribution in [0.2, 0.25) is 0 Å². The van der Waals surface area contributed by atoms with Gasteiger partial charge in [-0.15, -0.1) is 0 Å². The van der Waals surface area contributed by atoms with Crippen molar-refractivity contribution in [3.8, 4) is 0 Å². The van der Waals surface area contributed by atoms with Crippen molar-refractivity contribution in [3.05, 3.63) is 76.4 Å². The predicted molar refractivity (Wildman–Crippen MR) is 91.4 cm³/mol. The molecule has 0 fully saturated rings. The van der Waals surface area contributed by atoms with Crippen LogP contribution in [-0.2, 0) is 6.42 Å². The molecule has 0 bridgehead atoms. The molecule has 0 aromatic heterocycles. The highest BCUT2D eigenvalue weighted by atomic mass is 19.1. The van der Waals surface area contributed by atoms with Gasteiger partial charge >= 0.3 is 0 Å². The Bertz CT molecular complexity index is 726. The van der Waals surface area contributed by atoms with Crippen molar-refractivity contribution < 1.29 is 8.78 Å². The molecule has 1 aliphatic carbocycles. The van der Waals surface area contributed by atoms with Gasteiger partial charge in [0.05, 0.1) is 0 Å². The van der Waals surface area contributed by atoms with E-state index in [4.69, 9.17) is 0 Å². The Hall–Kier alpha value is -1.96. The molecule has 1 atom stereocenters. The van der Waals surface area contributed by atoms with E-state index in [1.807, 2.05) is 0 Å². The van der Waals surface area contributed by atoms with Gasteiger partial charge in [-0.2, -0.15) is 0 Å². The van der Waals surface area contributed by atoms with E-state index in [0.29, 0.717) is 11.5 Å². The zero-order valence-electron chi connectivity index (χ0n) is 13.7. The van der Waals surface area contributed by atoms with Gasteiger partial charge in [0.1, 0.15) is 11.6 Å². The van der Waals surface area contributed by atoms with Crippen LogP contribution in [0.5, 0.6) is 0 Å². The number of halogens is 2. The standard InChI is InChI=1S/C21H22F2/c1-3-15-4-6-16(7-5-15)17-8-10-19(14(2)12-17)20-11-9-18(22)13-21(20)23/h4-7,9,11,13,17H,3,8,10,12H2,1-2H3. The highest BCUT2D eigenvalue weighted by Gasteiger charge is 2.22. The van der Waals surface area contributed by atoms with Gasteiger partial charge in [0.25, 0.3) is 0 Å². The predicted octanol–water partition coefficient (Wildman–Crippen LogP) is 6.27. The van der Waals surface area contributed by atoms with E-state index in [1.54, 1.807) is 6.07 Å². The number of allylic oxidation sites excluding steroid dienone is 2. The molecule has 1 aliphatic rings. The second-order valence-electron chi connectivity index (χ2n) is 6.42. The fourth-order valence-corrected chi connectivity index (χ4v) is 3.54. The van der Waals surface area contributed by atoms with Crippen molar-refractivity contribution in [2.24, 2.45) is 0 Å². The van der Waals surface area contributed by atoms with E-state index in [-0.39, 0.29) is 0 Å². The molecule has 0 amide bonds. The van der Waals surface area contributed by atoms with E-state index < -0.39 is 11.6 Å². The quantitative estimate of drug-likeness (QED) is 0.626. The summed E-state index contributed by atoms with van der Waals surface area (Å²) in [6.45, 7) is 4.23. The molecule has 0 aliphatic heterocycles. The van der Waals surface area contributed by atoms with Crippen molar-refractivity contribution in [1.29, 1.82) is 0 Å². The Kier molecular flexibility index (Phi) is 4.61. The Morgan fingerprint density at radius 3 is 2.39 bits per heavy atom. The van der Waals surface area contributed by atoms with Gasteiger partial charge in [0, 0.05) is 11.6 Å². The largest absolute Gasteiger partial charge is 0.207 e. The first-order chi connectivity index (χ1) is 11.1. The van der Waals surface area contributed by atoms with Crippen molar-refractivity contribution in [2.45, 2.75) is 45.4 Å². The molecule has 1 unspecified atom stereocenters. The number of hydrogen-bond donors (Lipinski definition) is 0. The van der Waals surface area contributed by atoms with Crippen LogP contribution in [0.25, 0.3) is 5.57 Å². The average Bonchev–Trinajstić information content (AvgIpc) is 2.55. The second kappa shape index (κ2) is 6.66. The lowest BCUT2D eigenvalue weighted by Gasteiger charge is -2.27. The van der Waals surface area contributed by atoms with Crippen molar-refractivity contribution in [3.63, 3.8) is 0 Å². The summed E-state index contributed by atoms with van der Waals surface area (Å²) < 4.78 is 27.1. The second-order valence-corrected chi connectivity index (χ2v) is 6.42. The van der Waals surface area contributed by atoms with E-state index in [2.05, 4.69) is 38.1 Å². The molecule has 120 valence electrons. The van der Waals surface area contributed by atoms with Crippen LogP contribution < -0.4 is 0 Å². The average molecular weight is 312 g/mol. The Morgan fingerprint density at radius 2 is 1.78 bits per heavy atom. The van der Waals surface area contributed by atoms with Gasteiger partial charge in [-0.25, -0.2) is 8.78 Å². The first-order valence-electron chi connectivity index (χ1n) is 8.31. The normalized spacial score (nSPS) is 18.3.